The summed E-state index contributed by atoms with van der Waals surface area (Å²) in [5.41, 5.74) is 6.50. The molecule has 4 rings (SSSR count). The Morgan fingerprint density at radius 1 is 0.947 bits per heavy atom. The van der Waals surface area contributed by atoms with Crippen LogP contribution in [-0.4, -0.2) is 35.6 Å². The number of benzene rings is 3. The number of methoxy groups -OCH3 is 1. The fourth-order valence-electron chi connectivity index (χ4n) is 4.34. The Morgan fingerprint density at radius 3 is 2.37 bits per heavy atom. The standard InChI is InChI=1S/C30H30N2O5S/c1-18-7-6-8-23(13-18)17-37-24-10-9-22(14-25(24)36-5)15-26-29(34)32(30(35)38-26)16-27(33)31-28-20(3)11-19(2)12-21(28)4/h6-15H,16-17H2,1-5H3,(H,31,33)/b26-15-. The summed E-state index contributed by atoms with van der Waals surface area (Å²) in [6, 6.07) is 17.3. The van der Waals surface area contributed by atoms with Crippen LogP contribution in [0.2, 0.25) is 0 Å². The molecule has 3 amide bonds. The van der Waals surface area contributed by atoms with Crippen LogP contribution in [0.3, 0.4) is 0 Å². The zero-order valence-electron chi connectivity index (χ0n) is 22.1. The Kier molecular flexibility index (Phi) is 8.22. The Morgan fingerprint density at radius 2 is 1.68 bits per heavy atom. The number of amides is 3. The fraction of sp³-hybridized carbons (Fsp3) is 0.233. The smallest absolute Gasteiger partial charge is 0.294 e. The van der Waals surface area contributed by atoms with E-state index in [4.69, 9.17) is 9.47 Å². The largest absolute Gasteiger partial charge is 0.493 e. The van der Waals surface area contributed by atoms with Gasteiger partial charge in [0.15, 0.2) is 11.5 Å². The van der Waals surface area contributed by atoms with Crippen LogP contribution < -0.4 is 14.8 Å². The van der Waals surface area contributed by atoms with Crippen LogP contribution in [0.4, 0.5) is 10.5 Å². The summed E-state index contributed by atoms with van der Waals surface area (Å²) in [5.74, 6) is 0.137. The molecule has 1 heterocycles. The van der Waals surface area contributed by atoms with Crippen molar-refractivity contribution in [2.24, 2.45) is 0 Å². The van der Waals surface area contributed by atoms with E-state index in [1.54, 1.807) is 31.4 Å². The van der Waals surface area contributed by atoms with E-state index in [0.717, 1.165) is 44.5 Å². The number of aryl methyl sites for hydroxylation is 4. The van der Waals surface area contributed by atoms with E-state index in [9.17, 15) is 14.4 Å². The highest BCUT2D eigenvalue weighted by Gasteiger charge is 2.36. The number of rotatable bonds is 8. The first-order valence-corrected chi connectivity index (χ1v) is 13.0. The van der Waals surface area contributed by atoms with Crippen molar-refractivity contribution >= 4 is 40.6 Å². The maximum Gasteiger partial charge on any atom is 0.294 e. The third kappa shape index (κ3) is 6.26. The lowest BCUT2D eigenvalue weighted by Crippen LogP contribution is -2.36. The lowest BCUT2D eigenvalue weighted by molar-refractivity contribution is -0.127. The van der Waals surface area contributed by atoms with Crippen LogP contribution in [0.1, 0.15) is 33.4 Å². The predicted octanol–water partition coefficient (Wildman–Crippen LogP) is 6.18. The summed E-state index contributed by atoms with van der Waals surface area (Å²) in [6.07, 6.45) is 1.62. The Bertz CT molecular complexity index is 1420. The highest BCUT2D eigenvalue weighted by atomic mass is 32.2. The van der Waals surface area contributed by atoms with E-state index in [2.05, 4.69) is 11.4 Å². The lowest BCUT2D eigenvalue weighted by atomic mass is 10.1. The SMILES string of the molecule is COc1cc(/C=C2\SC(=O)N(CC(=O)Nc3c(C)cc(C)cc3C)C2=O)ccc1OCc1cccc(C)c1. The van der Waals surface area contributed by atoms with E-state index >= 15 is 0 Å². The van der Waals surface area contributed by atoms with Crippen LogP contribution in [0, 0.1) is 27.7 Å². The number of hydrogen-bond acceptors (Lipinski definition) is 6. The zero-order chi connectivity index (χ0) is 27.4. The van der Waals surface area contributed by atoms with Crippen molar-refractivity contribution in [2.45, 2.75) is 34.3 Å². The summed E-state index contributed by atoms with van der Waals surface area (Å²) in [4.78, 5) is 39.4. The quantitative estimate of drug-likeness (QED) is 0.350. The minimum absolute atomic E-state index is 0.237. The van der Waals surface area contributed by atoms with Gasteiger partial charge in [-0.25, -0.2) is 0 Å². The molecular weight excluding hydrogens is 500 g/mol. The van der Waals surface area contributed by atoms with Crippen molar-refractivity contribution in [1.29, 1.82) is 0 Å². The molecule has 0 spiro atoms. The van der Waals surface area contributed by atoms with Gasteiger partial charge in [0.05, 0.1) is 12.0 Å². The number of anilines is 1. The first-order chi connectivity index (χ1) is 18.1. The number of nitrogens with zero attached hydrogens (tertiary/aromatic N) is 1. The molecule has 0 unspecified atom stereocenters. The number of thioether (sulfide) groups is 1. The van der Waals surface area contributed by atoms with Crippen molar-refractivity contribution in [3.8, 4) is 11.5 Å². The maximum absolute atomic E-state index is 13.0. The monoisotopic (exact) mass is 530 g/mol. The molecule has 196 valence electrons. The summed E-state index contributed by atoms with van der Waals surface area (Å²) in [7, 11) is 1.54. The molecule has 1 aliphatic rings. The van der Waals surface area contributed by atoms with Crippen molar-refractivity contribution < 1.29 is 23.9 Å². The van der Waals surface area contributed by atoms with Crippen LogP contribution >= 0.6 is 11.8 Å². The maximum atomic E-state index is 13.0. The molecule has 8 heteroatoms. The average molecular weight is 531 g/mol. The van der Waals surface area contributed by atoms with Gasteiger partial charge in [-0.15, -0.1) is 0 Å². The van der Waals surface area contributed by atoms with Crippen LogP contribution in [0.5, 0.6) is 11.5 Å². The van der Waals surface area contributed by atoms with Crippen LogP contribution in [0.15, 0.2) is 59.5 Å². The van der Waals surface area contributed by atoms with E-state index in [1.165, 1.54) is 0 Å². The van der Waals surface area contributed by atoms with E-state index in [1.807, 2.05) is 58.0 Å². The average Bonchev–Trinajstić information content (AvgIpc) is 3.12. The lowest BCUT2D eigenvalue weighted by Gasteiger charge is -2.16. The second-order valence-corrected chi connectivity index (χ2v) is 10.3. The molecule has 0 bridgehead atoms. The third-order valence-electron chi connectivity index (χ3n) is 6.08. The number of hydrogen-bond donors (Lipinski definition) is 1. The molecule has 0 radical (unpaired) electrons. The molecule has 1 N–H and O–H groups in total. The molecule has 1 fully saturated rings. The summed E-state index contributed by atoms with van der Waals surface area (Å²) >= 11 is 0.806. The molecule has 38 heavy (non-hydrogen) atoms. The van der Waals surface area contributed by atoms with Crippen molar-refractivity contribution in [1.82, 2.24) is 4.90 Å². The molecule has 0 atom stereocenters. The van der Waals surface area contributed by atoms with Gasteiger partial charge in [-0.05, 0) is 79.9 Å². The van der Waals surface area contributed by atoms with Gasteiger partial charge in [0.2, 0.25) is 5.91 Å². The molecule has 0 aliphatic carbocycles. The molecular formula is C30H30N2O5S. The number of nitrogens with one attached hydrogen (secondary N) is 1. The fourth-order valence-corrected chi connectivity index (χ4v) is 5.18. The van der Waals surface area contributed by atoms with Crippen LogP contribution in [-0.2, 0) is 16.2 Å². The van der Waals surface area contributed by atoms with Gasteiger partial charge in [0.25, 0.3) is 11.1 Å². The van der Waals surface area contributed by atoms with Gasteiger partial charge in [0.1, 0.15) is 13.2 Å². The second-order valence-electron chi connectivity index (χ2n) is 9.28. The molecule has 0 aromatic heterocycles. The summed E-state index contributed by atoms with van der Waals surface area (Å²) in [6.45, 7) is 7.86. The van der Waals surface area contributed by atoms with Crippen molar-refractivity contribution in [3.05, 3.63) is 92.9 Å². The first kappa shape index (κ1) is 27.0. The van der Waals surface area contributed by atoms with E-state index < -0.39 is 17.1 Å². The predicted molar refractivity (Wildman–Crippen MR) is 150 cm³/mol. The Balaban J connectivity index is 1.44. The normalized spacial score (nSPS) is 14.2. The third-order valence-corrected chi connectivity index (χ3v) is 6.99. The van der Waals surface area contributed by atoms with E-state index in [-0.39, 0.29) is 11.4 Å². The first-order valence-electron chi connectivity index (χ1n) is 12.1. The number of carbonyl (C=O) groups is 3. The number of carbonyl (C=O) groups excluding carboxylic acids is 3. The summed E-state index contributed by atoms with van der Waals surface area (Å²) < 4.78 is 11.4. The Labute approximate surface area is 226 Å². The summed E-state index contributed by atoms with van der Waals surface area (Å²) in [5, 5.41) is 2.35. The molecule has 1 saturated heterocycles. The van der Waals surface area contributed by atoms with Crippen LogP contribution in [0.25, 0.3) is 6.08 Å². The number of imide groups is 1. The van der Waals surface area contributed by atoms with E-state index in [0.29, 0.717) is 29.4 Å². The molecule has 3 aromatic rings. The van der Waals surface area contributed by atoms with Crippen molar-refractivity contribution in [3.63, 3.8) is 0 Å². The van der Waals surface area contributed by atoms with Gasteiger partial charge in [-0.2, -0.15) is 0 Å². The molecule has 1 aliphatic heterocycles. The van der Waals surface area contributed by atoms with Gasteiger partial charge in [0, 0.05) is 5.69 Å². The number of ether oxygens (including phenoxy) is 2. The van der Waals surface area contributed by atoms with Gasteiger partial charge < -0.3 is 14.8 Å². The van der Waals surface area contributed by atoms with Crippen molar-refractivity contribution in [2.75, 3.05) is 19.0 Å². The van der Waals surface area contributed by atoms with Gasteiger partial charge >= 0.3 is 0 Å². The molecule has 7 nitrogen and oxygen atoms in total. The highest BCUT2D eigenvalue weighted by Crippen LogP contribution is 2.35. The highest BCUT2D eigenvalue weighted by molar-refractivity contribution is 8.18. The second kappa shape index (κ2) is 11.6. The minimum Gasteiger partial charge on any atom is -0.493 e. The molecule has 3 aromatic carbocycles. The topological polar surface area (TPSA) is 84.9 Å². The van der Waals surface area contributed by atoms with Gasteiger partial charge in [-0.3, -0.25) is 19.3 Å². The van der Waals surface area contributed by atoms with Gasteiger partial charge in [-0.1, -0.05) is 53.6 Å². The minimum atomic E-state index is -0.508. The molecule has 0 saturated carbocycles. The Hall–Kier alpha value is -4.04. The zero-order valence-corrected chi connectivity index (χ0v) is 22.9.